The monoisotopic (exact) mass is 538 g/mol. The minimum Gasteiger partial charge on any atom is -1.00 e. The fourth-order valence-corrected chi connectivity index (χ4v) is 4.10. The van der Waals surface area contributed by atoms with Crippen molar-refractivity contribution < 1.29 is 56.9 Å². The van der Waals surface area contributed by atoms with E-state index in [1.54, 1.807) is 0 Å². The van der Waals surface area contributed by atoms with Crippen molar-refractivity contribution >= 4 is 0 Å². The minimum absolute atomic E-state index is 0. The van der Waals surface area contributed by atoms with Gasteiger partial charge in [-0.1, -0.05) is 0 Å². The lowest BCUT2D eigenvalue weighted by Gasteiger charge is -2.41. The molecule has 0 aromatic carbocycles. The number of hydrogen-bond acceptors (Lipinski definition) is 0. The van der Waals surface area contributed by atoms with Crippen LogP contribution in [0.15, 0.2) is 0 Å². The Morgan fingerprint density at radius 3 is 1.73 bits per heavy atom. The number of likely N-dealkylation sites (tertiary alicyclic amines) is 1. The van der Waals surface area contributed by atoms with Gasteiger partial charge in [-0.2, -0.15) is 0 Å². The maximum Gasteiger partial charge on any atom is 0.0786 e. The highest BCUT2D eigenvalue weighted by molar-refractivity contribution is 4.54. The number of quaternary nitrogens is 2. The third-order valence-corrected chi connectivity index (χ3v) is 6.21. The summed E-state index contributed by atoms with van der Waals surface area (Å²) >= 11 is 0. The first-order chi connectivity index (χ1) is 9.66. The van der Waals surface area contributed by atoms with Crippen LogP contribution in [0.1, 0.15) is 66.2 Å². The van der Waals surface area contributed by atoms with Gasteiger partial charge in [0, 0.05) is 0 Å². The quantitative estimate of drug-likeness (QED) is 0.173. The summed E-state index contributed by atoms with van der Waals surface area (Å²) in [7, 11) is 0. The second kappa shape index (κ2) is 13.6. The SMILES string of the molecule is CC[N+](CC)(CC)CCCCC[N+]1(CC)CCCCC1.[I-].[I-]. The molecule has 1 aliphatic rings. The molecule has 0 amide bonds. The third-order valence-electron chi connectivity index (χ3n) is 6.21. The van der Waals surface area contributed by atoms with Gasteiger partial charge in [-0.3, -0.25) is 0 Å². The van der Waals surface area contributed by atoms with Crippen molar-refractivity contribution in [1.82, 2.24) is 0 Å². The van der Waals surface area contributed by atoms with Gasteiger partial charge in [0.2, 0.25) is 0 Å². The molecule has 1 rings (SSSR count). The van der Waals surface area contributed by atoms with Crippen molar-refractivity contribution in [2.45, 2.75) is 66.2 Å². The molecule has 0 atom stereocenters. The maximum absolute atomic E-state index is 2.40. The molecule has 2 nitrogen and oxygen atoms in total. The van der Waals surface area contributed by atoms with Gasteiger partial charge in [0.1, 0.15) is 0 Å². The van der Waals surface area contributed by atoms with E-state index in [0.29, 0.717) is 0 Å². The van der Waals surface area contributed by atoms with E-state index in [1.165, 1.54) is 99.8 Å². The van der Waals surface area contributed by atoms with Crippen LogP contribution in [0.3, 0.4) is 0 Å². The van der Waals surface area contributed by atoms with Crippen molar-refractivity contribution in [2.24, 2.45) is 0 Å². The summed E-state index contributed by atoms with van der Waals surface area (Å²) in [6.07, 6.45) is 8.73. The molecule has 1 aliphatic heterocycles. The van der Waals surface area contributed by atoms with Crippen LogP contribution < -0.4 is 48.0 Å². The highest BCUT2D eigenvalue weighted by Crippen LogP contribution is 2.20. The van der Waals surface area contributed by atoms with E-state index in [1.807, 2.05) is 0 Å². The van der Waals surface area contributed by atoms with E-state index in [4.69, 9.17) is 0 Å². The van der Waals surface area contributed by atoms with Crippen molar-refractivity contribution in [3.8, 4) is 0 Å². The highest BCUT2D eigenvalue weighted by atomic mass is 127. The van der Waals surface area contributed by atoms with Gasteiger partial charge in [0.25, 0.3) is 0 Å². The van der Waals surface area contributed by atoms with E-state index in [9.17, 15) is 0 Å². The molecule has 0 aromatic heterocycles. The number of piperidine rings is 1. The first kappa shape index (κ1) is 25.6. The van der Waals surface area contributed by atoms with Crippen LogP contribution in [0.2, 0.25) is 0 Å². The summed E-state index contributed by atoms with van der Waals surface area (Å²) in [5, 5.41) is 0. The van der Waals surface area contributed by atoms with Gasteiger partial charge in [0.15, 0.2) is 0 Å². The molecule has 0 aromatic rings. The molecule has 4 heteroatoms. The average molecular weight is 538 g/mol. The Hall–Kier alpha value is 1.38. The fourth-order valence-electron chi connectivity index (χ4n) is 4.10. The number of unbranched alkanes of at least 4 members (excludes halogenated alkanes) is 2. The Labute approximate surface area is 174 Å². The molecule has 0 aliphatic carbocycles. The first-order valence-electron chi connectivity index (χ1n) is 9.36. The van der Waals surface area contributed by atoms with Crippen LogP contribution in [0, 0.1) is 0 Å². The molecule has 22 heavy (non-hydrogen) atoms. The highest BCUT2D eigenvalue weighted by Gasteiger charge is 2.27. The zero-order valence-electron chi connectivity index (χ0n) is 15.5. The smallest absolute Gasteiger partial charge is 0.0786 e. The summed E-state index contributed by atoms with van der Waals surface area (Å²) in [6, 6.07) is 0. The molecular formula is C18H40I2N2. The molecule has 1 fully saturated rings. The van der Waals surface area contributed by atoms with E-state index in [2.05, 4.69) is 27.7 Å². The molecule has 0 radical (unpaired) electrons. The summed E-state index contributed by atoms with van der Waals surface area (Å²) in [5.41, 5.74) is 0. The summed E-state index contributed by atoms with van der Waals surface area (Å²) in [5.74, 6) is 0. The third kappa shape index (κ3) is 7.97. The molecule has 0 N–H and O–H groups in total. The number of nitrogens with zero attached hydrogens (tertiary/aromatic N) is 2. The van der Waals surface area contributed by atoms with Gasteiger partial charge in [-0.15, -0.1) is 0 Å². The van der Waals surface area contributed by atoms with E-state index in [0.717, 1.165) is 0 Å². The Bertz CT molecular complexity index is 241. The minimum atomic E-state index is 0. The normalized spacial score (nSPS) is 17.5. The molecule has 0 unspecified atom stereocenters. The molecule has 1 heterocycles. The van der Waals surface area contributed by atoms with Gasteiger partial charge < -0.3 is 56.9 Å². The first-order valence-corrected chi connectivity index (χ1v) is 9.36. The van der Waals surface area contributed by atoms with Crippen LogP contribution in [0.5, 0.6) is 0 Å². The number of hydrogen-bond donors (Lipinski definition) is 0. The fraction of sp³-hybridized carbons (Fsp3) is 1.00. The Morgan fingerprint density at radius 1 is 0.727 bits per heavy atom. The molecule has 0 bridgehead atoms. The van der Waals surface area contributed by atoms with E-state index < -0.39 is 0 Å². The lowest BCUT2D eigenvalue weighted by atomic mass is 10.1. The zero-order valence-corrected chi connectivity index (χ0v) is 19.9. The Balaban J connectivity index is 0. The number of rotatable bonds is 10. The van der Waals surface area contributed by atoms with E-state index >= 15 is 0 Å². The van der Waals surface area contributed by atoms with Crippen molar-refractivity contribution in [3.63, 3.8) is 0 Å². The Morgan fingerprint density at radius 2 is 1.27 bits per heavy atom. The summed E-state index contributed by atoms with van der Waals surface area (Å²) in [4.78, 5) is 0. The lowest BCUT2D eigenvalue weighted by molar-refractivity contribution is -0.931. The summed E-state index contributed by atoms with van der Waals surface area (Å²) in [6.45, 7) is 20.5. The Kier molecular flexibility index (Phi) is 15.9. The predicted octanol–water partition coefficient (Wildman–Crippen LogP) is -1.94. The average Bonchev–Trinajstić information content (AvgIpc) is 2.52. The van der Waals surface area contributed by atoms with Crippen LogP contribution in [0.4, 0.5) is 0 Å². The van der Waals surface area contributed by atoms with E-state index in [-0.39, 0.29) is 48.0 Å². The molecule has 1 saturated heterocycles. The predicted molar refractivity (Wildman–Crippen MR) is 89.9 cm³/mol. The second-order valence-electron chi connectivity index (χ2n) is 6.96. The lowest BCUT2D eigenvalue weighted by Crippen LogP contribution is -3.00. The van der Waals surface area contributed by atoms with Crippen molar-refractivity contribution in [3.05, 3.63) is 0 Å². The topological polar surface area (TPSA) is 0 Å². The molecule has 0 spiro atoms. The molecule has 136 valence electrons. The molecular weight excluding hydrogens is 498 g/mol. The second-order valence-corrected chi connectivity index (χ2v) is 6.96. The van der Waals surface area contributed by atoms with Crippen LogP contribution in [-0.4, -0.2) is 61.3 Å². The van der Waals surface area contributed by atoms with Gasteiger partial charge >= 0.3 is 0 Å². The van der Waals surface area contributed by atoms with Crippen LogP contribution in [-0.2, 0) is 0 Å². The number of halogens is 2. The van der Waals surface area contributed by atoms with Crippen molar-refractivity contribution in [1.29, 1.82) is 0 Å². The van der Waals surface area contributed by atoms with Gasteiger partial charge in [-0.05, 0) is 66.2 Å². The van der Waals surface area contributed by atoms with Gasteiger partial charge in [-0.25, -0.2) is 0 Å². The van der Waals surface area contributed by atoms with Crippen molar-refractivity contribution in [2.75, 3.05) is 52.4 Å². The standard InChI is InChI=1S/C18H40N2.2HI/c1-5-19(6-2,7-3)15-11-9-12-16-20(8-4)17-13-10-14-18-20;;/h5-18H2,1-4H3;2*1H/q+2;;/p-2. The van der Waals surface area contributed by atoms with Gasteiger partial charge in [0.05, 0.1) is 52.4 Å². The van der Waals surface area contributed by atoms with Crippen LogP contribution in [0.25, 0.3) is 0 Å². The van der Waals surface area contributed by atoms with Crippen LogP contribution >= 0.6 is 0 Å². The zero-order chi connectivity index (χ0) is 14.9. The molecule has 0 saturated carbocycles. The largest absolute Gasteiger partial charge is 1.00 e. The summed E-state index contributed by atoms with van der Waals surface area (Å²) < 4.78 is 2.75. The maximum atomic E-state index is 2.40.